The Hall–Kier alpha value is -1.52. The standard InChI is InChI=1S/C15H13ClFNOS/c1-2-18(14-6-4-3-5-13(14)17)15(19)11-9-10(20)7-8-12(11)16/h3-9,20H,2H2,1H3. The van der Waals surface area contributed by atoms with E-state index in [2.05, 4.69) is 12.6 Å². The molecule has 0 atom stereocenters. The zero-order valence-corrected chi connectivity index (χ0v) is 12.5. The molecule has 0 aliphatic rings. The van der Waals surface area contributed by atoms with Crippen LogP contribution >= 0.6 is 24.2 Å². The smallest absolute Gasteiger partial charge is 0.259 e. The van der Waals surface area contributed by atoms with Gasteiger partial charge in [0.1, 0.15) is 5.82 Å². The quantitative estimate of drug-likeness (QED) is 0.831. The van der Waals surface area contributed by atoms with Gasteiger partial charge in [-0.1, -0.05) is 23.7 Å². The Bertz CT molecular complexity index is 648. The maximum absolute atomic E-state index is 13.8. The van der Waals surface area contributed by atoms with Crippen LogP contribution in [0.25, 0.3) is 0 Å². The van der Waals surface area contributed by atoms with Crippen LogP contribution in [-0.4, -0.2) is 12.5 Å². The molecule has 0 saturated carbocycles. The Morgan fingerprint density at radius 3 is 2.65 bits per heavy atom. The molecule has 0 saturated heterocycles. The van der Waals surface area contributed by atoms with Crippen molar-refractivity contribution < 1.29 is 9.18 Å². The van der Waals surface area contributed by atoms with Crippen LogP contribution in [0, 0.1) is 5.82 Å². The second-order valence-electron chi connectivity index (χ2n) is 4.16. The molecule has 5 heteroatoms. The molecular weight excluding hydrogens is 297 g/mol. The molecule has 2 aromatic carbocycles. The van der Waals surface area contributed by atoms with Crippen LogP contribution in [0.15, 0.2) is 47.4 Å². The van der Waals surface area contributed by atoms with E-state index < -0.39 is 5.82 Å². The van der Waals surface area contributed by atoms with Crippen LogP contribution < -0.4 is 4.90 Å². The lowest BCUT2D eigenvalue weighted by Gasteiger charge is -2.22. The average molecular weight is 310 g/mol. The van der Waals surface area contributed by atoms with Gasteiger partial charge in [-0.2, -0.15) is 0 Å². The SMILES string of the molecule is CCN(C(=O)c1cc(S)ccc1Cl)c1ccccc1F. The molecule has 2 aromatic rings. The summed E-state index contributed by atoms with van der Waals surface area (Å²) < 4.78 is 13.8. The van der Waals surface area contributed by atoms with Gasteiger partial charge in [0.2, 0.25) is 0 Å². The predicted molar refractivity (Wildman–Crippen MR) is 82.5 cm³/mol. The Labute approximate surface area is 127 Å². The number of hydrogen-bond donors (Lipinski definition) is 1. The van der Waals surface area contributed by atoms with Gasteiger partial charge < -0.3 is 4.90 Å². The summed E-state index contributed by atoms with van der Waals surface area (Å²) in [5, 5.41) is 0.322. The van der Waals surface area contributed by atoms with Crippen molar-refractivity contribution in [3.05, 3.63) is 58.9 Å². The number of rotatable bonds is 3. The second-order valence-corrected chi connectivity index (χ2v) is 5.09. The van der Waals surface area contributed by atoms with E-state index in [1.165, 1.54) is 11.0 Å². The molecule has 0 aliphatic carbocycles. The van der Waals surface area contributed by atoms with Crippen molar-refractivity contribution >= 4 is 35.8 Å². The van der Waals surface area contributed by atoms with E-state index in [1.807, 2.05) is 0 Å². The van der Waals surface area contributed by atoms with Crippen LogP contribution in [0.5, 0.6) is 0 Å². The summed E-state index contributed by atoms with van der Waals surface area (Å²) in [5.74, 6) is -0.792. The first-order valence-electron chi connectivity index (χ1n) is 6.09. The van der Waals surface area contributed by atoms with Crippen molar-refractivity contribution in [2.45, 2.75) is 11.8 Å². The zero-order valence-electron chi connectivity index (χ0n) is 10.8. The first-order chi connectivity index (χ1) is 9.54. The lowest BCUT2D eigenvalue weighted by atomic mass is 10.1. The first kappa shape index (κ1) is 14.9. The number of nitrogens with zero attached hydrogens (tertiary/aromatic N) is 1. The third-order valence-corrected chi connectivity index (χ3v) is 3.49. The summed E-state index contributed by atoms with van der Waals surface area (Å²) in [4.78, 5) is 14.5. The van der Waals surface area contributed by atoms with Crippen molar-refractivity contribution in [2.24, 2.45) is 0 Å². The van der Waals surface area contributed by atoms with Crippen LogP contribution in [0.4, 0.5) is 10.1 Å². The predicted octanol–water partition coefficient (Wildman–Crippen LogP) is 4.43. The Balaban J connectivity index is 2.45. The summed E-state index contributed by atoms with van der Waals surface area (Å²) in [6, 6.07) is 11.0. The lowest BCUT2D eigenvalue weighted by molar-refractivity contribution is 0.0987. The van der Waals surface area contributed by atoms with E-state index in [4.69, 9.17) is 11.6 Å². The van der Waals surface area contributed by atoms with Crippen molar-refractivity contribution in [3.63, 3.8) is 0 Å². The van der Waals surface area contributed by atoms with E-state index in [0.29, 0.717) is 22.0 Å². The van der Waals surface area contributed by atoms with Gasteiger partial charge in [0.25, 0.3) is 5.91 Å². The van der Waals surface area contributed by atoms with Gasteiger partial charge in [0.15, 0.2) is 0 Å². The third kappa shape index (κ3) is 2.97. The van der Waals surface area contributed by atoms with Crippen molar-refractivity contribution in [2.75, 3.05) is 11.4 Å². The molecule has 0 heterocycles. The number of anilines is 1. The number of benzene rings is 2. The van der Waals surface area contributed by atoms with Crippen LogP contribution in [-0.2, 0) is 0 Å². The van der Waals surface area contributed by atoms with E-state index >= 15 is 0 Å². The number of amides is 1. The normalized spacial score (nSPS) is 10.4. The van der Waals surface area contributed by atoms with Gasteiger partial charge in [0.05, 0.1) is 16.3 Å². The lowest BCUT2D eigenvalue weighted by Crippen LogP contribution is -2.31. The molecule has 0 aliphatic heterocycles. The molecule has 0 fully saturated rings. The fourth-order valence-electron chi connectivity index (χ4n) is 1.92. The molecule has 20 heavy (non-hydrogen) atoms. The monoisotopic (exact) mass is 309 g/mol. The summed E-state index contributed by atoms with van der Waals surface area (Å²) >= 11 is 10.2. The van der Waals surface area contributed by atoms with Crippen molar-refractivity contribution in [1.29, 1.82) is 0 Å². The minimum atomic E-state index is -0.444. The van der Waals surface area contributed by atoms with Crippen LogP contribution in [0.2, 0.25) is 5.02 Å². The van der Waals surface area contributed by atoms with Crippen LogP contribution in [0.1, 0.15) is 17.3 Å². The molecule has 0 spiro atoms. The highest BCUT2D eigenvalue weighted by Gasteiger charge is 2.21. The molecule has 0 bridgehead atoms. The van der Waals surface area contributed by atoms with Crippen molar-refractivity contribution in [1.82, 2.24) is 0 Å². The van der Waals surface area contributed by atoms with E-state index in [1.54, 1.807) is 43.3 Å². The Kier molecular flexibility index (Phi) is 4.68. The minimum Gasteiger partial charge on any atom is -0.306 e. The molecule has 0 N–H and O–H groups in total. The third-order valence-electron chi connectivity index (χ3n) is 2.88. The molecule has 0 radical (unpaired) electrons. The highest BCUT2D eigenvalue weighted by atomic mass is 35.5. The van der Waals surface area contributed by atoms with Crippen LogP contribution in [0.3, 0.4) is 0 Å². The summed E-state index contributed by atoms with van der Waals surface area (Å²) in [6.07, 6.45) is 0. The molecule has 2 rings (SSSR count). The zero-order chi connectivity index (χ0) is 14.7. The maximum Gasteiger partial charge on any atom is 0.259 e. The number of thiol groups is 1. The number of carbonyl (C=O) groups is 1. The summed E-state index contributed by atoms with van der Waals surface area (Å²) in [7, 11) is 0. The fraction of sp³-hybridized carbons (Fsp3) is 0.133. The number of halogens is 2. The maximum atomic E-state index is 13.8. The molecule has 2 nitrogen and oxygen atoms in total. The molecule has 1 amide bonds. The first-order valence-corrected chi connectivity index (χ1v) is 6.92. The second kappa shape index (κ2) is 6.29. The molecule has 0 aromatic heterocycles. The summed E-state index contributed by atoms with van der Waals surface area (Å²) in [6.45, 7) is 2.12. The molecule has 104 valence electrons. The van der Waals surface area contributed by atoms with Gasteiger partial charge in [-0.25, -0.2) is 4.39 Å². The van der Waals surface area contributed by atoms with Gasteiger partial charge in [-0.15, -0.1) is 12.6 Å². The number of carbonyl (C=O) groups excluding carboxylic acids is 1. The highest BCUT2D eigenvalue weighted by Crippen LogP contribution is 2.25. The summed E-state index contributed by atoms with van der Waals surface area (Å²) in [5.41, 5.74) is 0.546. The topological polar surface area (TPSA) is 20.3 Å². The largest absolute Gasteiger partial charge is 0.306 e. The van der Waals surface area contributed by atoms with E-state index in [-0.39, 0.29) is 11.6 Å². The van der Waals surface area contributed by atoms with E-state index in [0.717, 1.165) is 0 Å². The minimum absolute atomic E-state index is 0.237. The van der Waals surface area contributed by atoms with Gasteiger partial charge in [-0.05, 0) is 37.3 Å². The van der Waals surface area contributed by atoms with Gasteiger partial charge in [0, 0.05) is 11.4 Å². The molecular formula is C15H13ClFNOS. The van der Waals surface area contributed by atoms with Gasteiger partial charge in [-0.3, -0.25) is 4.79 Å². The van der Waals surface area contributed by atoms with Gasteiger partial charge >= 0.3 is 0 Å². The Morgan fingerprint density at radius 1 is 1.30 bits per heavy atom. The number of para-hydroxylation sites is 1. The highest BCUT2D eigenvalue weighted by molar-refractivity contribution is 7.80. The average Bonchev–Trinajstić information content (AvgIpc) is 2.44. The molecule has 0 unspecified atom stereocenters. The van der Waals surface area contributed by atoms with Crippen molar-refractivity contribution in [3.8, 4) is 0 Å². The van der Waals surface area contributed by atoms with E-state index in [9.17, 15) is 9.18 Å². The Morgan fingerprint density at radius 2 is 2.00 bits per heavy atom. The number of hydrogen-bond acceptors (Lipinski definition) is 2. The fourth-order valence-corrected chi connectivity index (χ4v) is 2.32.